The molecule has 0 spiro atoms. The SMILES string of the molecule is COc1cc(C=C(C#N)c2ccc3ccccc3n2)cc(OC)c1O. The Morgan fingerprint density at radius 2 is 1.76 bits per heavy atom. The van der Waals surface area contributed by atoms with Crippen LogP contribution in [0.15, 0.2) is 48.5 Å². The zero-order valence-corrected chi connectivity index (χ0v) is 13.9. The van der Waals surface area contributed by atoms with Gasteiger partial charge in [0, 0.05) is 5.39 Å². The topological polar surface area (TPSA) is 75.4 Å². The van der Waals surface area contributed by atoms with Gasteiger partial charge < -0.3 is 14.6 Å². The molecule has 0 aliphatic rings. The van der Waals surface area contributed by atoms with Gasteiger partial charge >= 0.3 is 0 Å². The highest BCUT2D eigenvalue weighted by Gasteiger charge is 2.12. The highest BCUT2D eigenvalue weighted by atomic mass is 16.5. The maximum absolute atomic E-state index is 9.99. The molecule has 2 aromatic carbocycles. The van der Waals surface area contributed by atoms with Gasteiger partial charge in [0.2, 0.25) is 5.75 Å². The van der Waals surface area contributed by atoms with Crippen LogP contribution in [-0.4, -0.2) is 24.3 Å². The third-order valence-corrected chi connectivity index (χ3v) is 3.81. The van der Waals surface area contributed by atoms with Gasteiger partial charge in [-0.25, -0.2) is 4.98 Å². The van der Waals surface area contributed by atoms with Gasteiger partial charge in [-0.05, 0) is 35.9 Å². The first kappa shape index (κ1) is 16.3. The molecule has 0 radical (unpaired) electrons. The van der Waals surface area contributed by atoms with Crippen LogP contribution in [0.4, 0.5) is 0 Å². The molecule has 25 heavy (non-hydrogen) atoms. The molecule has 0 aliphatic heterocycles. The van der Waals surface area contributed by atoms with Gasteiger partial charge in [-0.1, -0.05) is 24.3 Å². The minimum absolute atomic E-state index is 0.0792. The van der Waals surface area contributed by atoms with Crippen molar-refractivity contribution in [2.45, 2.75) is 0 Å². The Morgan fingerprint density at radius 1 is 1.08 bits per heavy atom. The average Bonchev–Trinajstić information content (AvgIpc) is 2.66. The van der Waals surface area contributed by atoms with Crippen molar-refractivity contribution in [1.82, 2.24) is 4.98 Å². The standard InChI is InChI=1S/C20H16N2O3/c1-24-18-10-13(11-19(25-2)20(18)23)9-15(12-21)17-8-7-14-5-3-4-6-16(14)22-17/h3-11,23H,1-2H3. The number of rotatable bonds is 4. The minimum atomic E-state index is -0.0792. The predicted octanol–water partition coefficient (Wildman–Crippen LogP) is 4.02. The van der Waals surface area contributed by atoms with Crippen LogP contribution in [0.25, 0.3) is 22.6 Å². The molecular formula is C20H16N2O3. The highest BCUT2D eigenvalue weighted by Crippen LogP contribution is 2.38. The third-order valence-electron chi connectivity index (χ3n) is 3.81. The van der Waals surface area contributed by atoms with E-state index in [1.54, 1.807) is 18.2 Å². The van der Waals surface area contributed by atoms with E-state index in [9.17, 15) is 10.4 Å². The second kappa shape index (κ2) is 6.93. The number of allylic oxidation sites excluding steroid dienone is 1. The molecule has 5 nitrogen and oxygen atoms in total. The van der Waals surface area contributed by atoms with Crippen LogP contribution in [-0.2, 0) is 0 Å². The number of nitrogens with zero attached hydrogens (tertiary/aromatic N) is 2. The van der Waals surface area contributed by atoms with E-state index >= 15 is 0 Å². The number of hydrogen-bond donors (Lipinski definition) is 1. The highest BCUT2D eigenvalue weighted by molar-refractivity contribution is 5.91. The summed E-state index contributed by atoms with van der Waals surface area (Å²) in [5, 5.41) is 20.6. The molecule has 3 rings (SSSR count). The van der Waals surface area contributed by atoms with Crippen molar-refractivity contribution in [2.24, 2.45) is 0 Å². The molecule has 5 heteroatoms. The van der Waals surface area contributed by atoms with Crippen LogP contribution in [0, 0.1) is 11.3 Å². The van der Waals surface area contributed by atoms with Gasteiger partial charge in [-0.2, -0.15) is 5.26 Å². The minimum Gasteiger partial charge on any atom is -0.502 e. The van der Waals surface area contributed by atoms with Gasteiger partial charge in [0.1, 0.15) is 6.07 Å². The van der Waals surface area contributed by atoms with E-state index in [0.29, 0.717) is 16.8 Å². The lowest BCUT2D eigenvalue weighted by molar-refractivity contribution is 0.340. The first-order valence-corrected chi connectivity index (χ1v) is 7.59. The molecule has 0 amide bonds. The van der Waals surface area contributed by atoms with E-state index in [1.165, 1.54) is 14.2 Å². The quantitative estimate of drug-likeness (QED) is 0.730. The number of ether oxygens (including phenoxy) is 2. The van der Waals surface area contributed by atoms with E-state index in [1.807, 2.05) is 36.4 Å². The van der Waals surface area contributed by atoms with Crippen LogP contribution in [0.1, 0.15) is 11.3 Å². The van der Waals surface area contributed by atoms with Crippen LogP contribution in [0.3, 0.4) is 0 Å². The molecule has 1 aromatic heterocycles. The number of phenolic OH excluding ortho intramolecular Hbond substituents is 1. The fourth-order valence-electron chi connectivity index (χ4n) is 2.54. The fraction of sp³-hybridized carbons (Fsp3) is 0.100. The Morgan fingerprint density at radius 3 is 2.40 bits per heavy atom. The van der Waals surface area contributed by atoms with E-state index in [2.05, 4.69) is 11.1 Å². The summed E-state index contributed by atoms with van der Waals surface area (Å²) >= 11 is 0. The summed E-state index contributed by atoms with van der Waals surface area (Å²) < 4.78 is 10.3. The maximum atomic E-state index is 9.99. The molecule has 0 bridgehead atoms. The molecule has 0 atom stereocenters. The Kier molecular flexibility index (Phi) is 4.53. The molecule has 0 saturated heterocycles. The number of hydrogen-bond acceptors (Lipinski definition) is 5. The van der Waals surface area contributed by atoms with E-state index in [4.69, 9.17) is 9.47 Å². The molecule has 124 valence electrons. The first-order chi connectivity index (χ1) is 12.2. The summed E-state index contributed by atoms with van der Waals surface area (Å²) in [6.07, 6.45) is 1.68. The van der Waals surface area contributed by atoms with Crippen molar-refractivity contribution in [3.63, 3.8) is 0 Å². The maximum Gasteiger partial charge on any atom is 0.200 e. The molecular weight excluding hydrogens is 316 g/mol. The van der Waals surface area contributed by atoms with Crippen molar-refractivity contribution in [1.29, 1.82) is 5.26 Å². The Bertz CT molecular complexity index is 978. The second-order valence-electron chi connectivity index (χ2n) is 5.33. The van der Waals surface area contributed by atoms with Crippen molar-refractivity contribution >= 4 is 22.6 Å². The summed E-state index contributed by atoms with van der Waals surface area (Å²) in [7, 11) is 2.91. The van der Waals surface area contributed by atoms with Gasteiger partial charge in [0.05, 0.1) is 31.0 Å². The van der Waals surface area contributed by atoms with Gasteiger partial charge in [0.15, 0.2) is 11.5 Å². The number of para-hydroxylation sites is 1. The van der Waals surface area contributed by atoms with E-state index < -0.39 is 0 Å². The molecule has 1 N–H and O–H groups in total. The van der Waals surface area contributed by atoms with Crippen molar-refractivity contribution in [2.75, 3.05) is 14.2 Å². The van der Waals surface area contributed by atoms with Crippen LogP contribution < -0.4 is 9.47 Å². The molecule has 0 aliphatic carbocycles. The summed E-state index contributed by atoms with van der Waals surface area (Å²) in [6.45, 7) is 0. The number of aromatic hydroxyl groups is 1. The van der Waals surface area contributed by atoms with Gasteiger partial charge in [-0.15, -0.1) is 0 Å². The Labute approximate surface area is 145 Å². The predicted molar refractivity (Wildman–Crippen MR) is 96.4 cm³/mol. The lowest BCUT2D eigenvalue weighted by Crippen LogP contribution is -1.92. The van der Waals surface area contributed by atoms with Crippen LogP contribution in [0.2, 0.25) is 0 Å². The lowest BCUT2D eigenvalue weighted by Gasteiger charge is -2.10. The zero-order valence-electron chi connectivity index (χ0n) is 13.9. The zero-order chi connectivity index (χ0) is 17.8. The first-order valence-electron chi connectivity index (χ1n) is 7.59. The Balaban J connectivity index is 2.09. The number of methoxy groups -OCH3 is 2. The van der Waals surface area contributed by atoms with Gasteiger partial charge in [0.25, 0.3) is 0 Å². The number of phenols is 1. The summed E-state index contributed by atoms with van der Waals surface area (Å²) in [5.41, 5.74) is 2.47. The summed E-state index contributed by atoms with van der Waals surface area (Å²) in [4.78, 5) is 4.54. The smallest absolute Gasteiger partial charge is 0.200 e. The lowest BCUT2D eigenvalue weighted by atomic mass is 10.1. The number of pyridine rings is 1. The molecule has 3 aromatic rings. The Hall–Kier alpha value is -3.52. The number of nitriles is 1. The number of benzene rings is 2. The average molecular weight is 332 g/mol. The van der Waals surface area contributed by atoms with Crippen molar-refractivity contribution in [3.8, 4) is 23.3 Å². The normalized spacial score (nSPS) is 11.2. The van der Waals surface area contributed by atoms with Crippen molar-refractivity contribution in [3.05, 3.63) is 59.8 Å². The molecule has 0 unspecified atom stereocenters. The monoisotopic (exact) mass is 332 g/mol. The van der Waals surface area contributed by atoms with E-state index in [-0.39, 0.29) is 17.2 Å². The van der Waals surface area contributed by atoms with Crippen LogP contribution >= 0.6 is 0 Å². The summed E-state index contributed by atoms with van der Waals surface area (Å²) in [5.74, 6) is 0.466. The van der Waals surface area contributed by atoms with Crippen molar-refractivity contribution < 1.29 is 14.6 Å². The van der Waals surface area contributed by atoms with Crippen LogP contribution in [0.5, 0.6) is 17.2 Å². The van der Waals surface area contributed by atoms with E-state index in [0.717, 1.165) is 10.9 Å². The fourth-order valence-corrected chi connectivity index (χ4v) is 2.54. The molecule has 0 saturated carbocycles. The number of aromatic nitrogens is 1. The van der Waals surface area contributed by atoms with Gasteiger partial charge in [-0.3, -0.25) is 0 Å². The molecule has 1 heterocycles. The summed E-state index contributed by atoms with van der Waals surface area (Å²) in [6, 6.07) is 16.9. The number of fused-ring (bicyclic) bond motifs is 1. The second-order valence-corrected chi connectivity index (χ2v) is 5.33. The third kappa shape index (κ3) is 3.24. The largest absolute Gasteiger partial charge is 0.502 e. The molecule has 0 fully saturated rings.